The third-order valence-corrected chi connectivity index (χ3v) is 1.15. The molecule has 0 rings (SSSR count). The minimum atomic E-state index is -0.330. The summed E-state index contributed by atoms with van der Waals surface area (Å²) in [7, 11) is 0. The van der Waals surface area contributed by atoms with Crippen molar-refractivity contribution in [2.45, 2.75) is 13.8 Å². The first kappa shape index (κ1) is 4.15. The van der Waals surface area contributed by atoms with Gasteiger partial charge in [0.15, 0.2) is 0 Å². The van der Waals surface area contributed by atoms with Gasteiger partial charge in [0, 0.05) is 13.1 Å². The summed E-state index contributed by atoms with van der Waals surface area (Å²) in [5.41, 5.74) is 0. The Labute approximate surface area is 61.9 Å². The van der Waals surface area contributed by atoms with E-state index in [1.165, 1.54) is 6.08 Å². The second-order valence-corrected chi connectivity index (χ2v) is 1.66. The molecule has 0 aliphatic carbocycles. The molecule has 0 atom stereocenters. The van der Waals surface area contributed by atoms with Crippen LogP contribution in [0.1, 0.15) is 18.0 Å². The zero-order chi connectivity index (χ0) is 9.56. The Hall–Kier alpha value is -0.720. The summed E-state index contributed by atoms with van der Waals surface area (Å²) >= 11 is 0. The average Bonchev–Trinajstić information content (AvgIpc) is 1.98. The quantitative estimate of drug-likeness (QED) is 0.524. The van der Waals surface area contributed by atoms with Gasteiger partial charge in [0.1, 0.15) is 0 Å². The predicted molar refractivity (Wildman–Crippen MR) is 42.3 cm³/mol. The summed E-state index contributed by atoms with van der Waals surface area (Å²) < 4.78 is 21.0. The molecule has 0 fully saturated rings. The molecule has 0 aromatic carbocycles. The van der Waals surface area contributed by atoms with Crippen molar-refractivity contribution >= 4 is 0 Å². The molecule has 52 valence electrons. The van der Waals surface area contributed by atoms with E-state index in [2.05, 4.69) is 0 Å². The van der Waals surface area contributed by atoms with E-state index < -0.39 is 0 Å². The molecule has 0 bridgehead atoms. The molecule has 0 saturated heterocycles. The van der Waals surface area contributed by atoms with Gasteiger partial charge in [0.2, 0.25) is 0 Å². The van der Waals surface area contributed by atoms with E-state index in [-0.39, 0.29) is 12.6 Å². The molecule has 0 aromatic rings. The number of rotatable bonds is 4. The van der Waals surface area contributed by atoms with E-state index in [0.717, 1.165) is 13.1 Å². The third-order valence-electron chi connectivity index (χ3n) is 1.15. The van der Waals surface area contributed by atoms with Crippen LogP contribution < -0.4 is 0 Å². The molecule has 0 aliphatic rings. The average molecular weight is 128 g/mol. The minimum Gasteiger partial charge on any atom is -0.378 e. The van der Waals surface area contributed by atoms with Crippen LogP contribution in [0.5, 0.6) is 0 Å². The molecule has 0 unspecified atom stereocenters. The van der Waals surface area contributed by atoms with Crippen LogP contribution in [0.3, 0.4) is 0 Å². The summed E-state index contributed by atoms with van der Waals surface area (Å²) in [6.07, 6.45) is 2.85. The van der Waals surface area contributed by atoms with Crippen molar-refractivity contribution in [3.05, 3.63) is 24.9 Å². The van der Waals surface area contributed by atoms with Crippen molar-refractivity contribution in [1.29, 1.82) is 0 Å². The summed E-state index contributed by atoms with van der Waals surface area (Å²) in [6.45, 7) is 5.36. The molecular weight excluding hydrogens is 110 g/mol. The lowest BCUT2D eigenvalue weighted by molar-refractivity contribution is 0.419. The number of allylic oxidation sites excluding steroid dienone is 2. The van der Waals surface area contributed by atoms with Crippen LogP contribution in [0, 0.1) is 0 Å². The van der Waals surface area contributed by atoms with E-state index in [1.807, 2.05) is 18.7 Å². The Balaban J connectivity index is 4.22. The highest BCUT2D eigenvalue weighted by Gasteiger charge is 1.85. The molecule has 0 aromatic heterocycles. The van der Waals surface area contributed by atoms with Crippen LogP contribution >= 0.6 is 0 Å². The summed E-state index contributed by atoms with van der Waals surface area (Å²) in [4.78, 5) is 1.95. The molecule has 9 heavy (non-hydrogen) atoms. The molecule has 0 radical (unpaired) electrons. The lowest BCUT2D eigenvalue weighted by Gasteiger charge is -2.13. The van der Waals surface area contributed by atoms with Crippen molar-refractivity contribution in [2.75, 3.05) is 13.1 Å². The largest absolute Gasteiger partial charge is 0.378 e. The van der Waals surface area contributed by atoms with Crippen LogP contribution in [0.15, 0.2) is 24.9 Å². The van der Waals surface area contributed by atoms with Gasteiger partial charge in [-0.05, 0) is 26.1 Å². The van der Waals surface area contributed by atoms with E-state index in [9.17, 15) is 0 Å². The normalized spacial score (nSPS) is 15.3. The topological polar surface area (TPSA) is 3.24 Å². The SMILES string of the molecule is [2H]C([2H])=C/C([2H])=C/N(CC)CC. The molecule has 0 amide bonds. The first-order valence-electron chi connectivity index (χ1n) is 4.67. The van der Waals surface area contributed by atoms with Crippen molar-refractivity contribution in [3.63, 3.8) is 0 Å². The standard InChI is InChI=1S/C8H15N/c1-4-7-8-9(5-2)6-3/h4,7-8H,1,5-6H2,2-3H3/b8-7+/i1D2,7D. The van der Waals surface area contributed by atoms with Gasteiger partial charge >= 0.3 is 0 Å². The van der Waals surface area contributed by atoms with Gasteiger partial charge in [-0.15, -0.1) is 0 Å². The highest BCUT2D eigenvalue weighted by Crippen LogP contribution is 1.87. The fraction of sp³-hybridized carbons (Fsp3) is 0.500. The second-order valence-electron chi connectivity index (χ2n) is 1.66. The van der Waals surface area contributed by atoms with E-state index in [0.29, 0.717) is 0 Å². The highest BCUT2D eigenvalue weighted by atomic mass is 15.1. The Bertz CT molecular complexity index is 179. The molecular formula is C8H15N. The van der Waals surface area contributed by atoms with E-state index >= 15 is 0 Å². The van der Waals surface area contributed by atoms with Gasteiger partial charge in [-0.1, -0.05) is 12.6 Å². The molecule has 1 heteroatoms. The number of hydrogen-bond acceptors (Lipinski definition) is 1. The van der Waals surface area contributed by atoms with Crippen LogP contribution in [-0.4, -0.2) is 18.0 Å². The second kappa shape index (κ2) is 5.42. The van der Waals surface area contributed by atoms with Crippen LogP contribution in [0.2, 0.25) is 0 Å². The molecule has 0 saturated carbocycles. The zero-order valence-corrected chi connectivity index (χ0v) is 6.02. The fourth-order valence-electron chi connectivity index (χ4n) is 0.549. The molecule has 1 nitrogen and oxygen atoms in total. The maximum absolute atomic E-state index is 7.34. The molecule has 0 spiro atoms. The van der Waals surface area contributed by atoms with Gasteiger partial charge in [-0.2, -0.15) is 0 Å². The summed E-state index contributed by atoms with van der Waals surface area (Å²) in [6, 6.07) is 0.207. The van der Waals surface area contributed by atoms with E-state index in [1.54, 1.807) is 6.20 Å². The third kappa shape index (κ3) is 3.83. The lowest BCUT2D eigenvalue weighted by Crippen LogP contribution is -2.14. The van der Waals surface area contributed by atoms with Gasteiger partial charge in [0.05, 0.1) is 4.11 Å². The maximum Gasteiger partial charge on any atom is 0.0638 e. The van der Waals surface area contributed by atoms with Crippen molar-refractivity contribution < 1.29 is 4.11 Å². The highest BCUT2D eigenvalue weighted by molar-refractivity contribution is 4.96. The maximum atomic E-state index is 7.34. The predicted octanol–water partition coefficient (Wildman–Crippen LogP) is 2.03. The molecule has 0 heterocycles. The van der Waals surface area contributed by atoms with Gasteiger partial charge in [0.25, 0.3) is 0 Å². The van der Waals surface area contributed by atoms with Gasteiger partial charge in [-0.25, -0.2) is 0 Å². The van der Waals surface area contributed by atoms with Crippen molar-refractivity contribution in [3.8, 4) is 0 Å². The van der Waals surface area contributed by atoms with Gasteiger partial charge in [-0.3, -0.25) is 0 Å². The Morgan fingerprint density at radius 2 is 2.33 bits per heavy atom. The monoisotopic (exact) mass is 128 g/mol. The summed E-state index contributed by atoms with van der Waals surface area (Å²) in [5.74, 6) is 0. The van der Waals surface area contributed by atoms with Crippen molar-refractivity contribution in [2.24, 2.45) is 0 Å². The fourth-order valence-corrected chi connectivity index (χ4v) is 0.549. The first-order chi connectivity index (χ1) is 5.60. The molecule has 0 N–H and O–H groups in total. The number of nitrogens with zero attached hydrogens (tertiary/aromatic N) is 1. The van der Waals surface area contributed by atoms with Crippen LogP contribution in [0.25, 0.3) is 0 Å². The van der Waals surface area contributed by atoms with E-state index in [4.69, 9.17) is 4.11 Å². The summed E-state index contributed by atoms with van der Waals surface area (Å²) in [5, 5.41) is 0. The zero-order valence-electron chi connectivity index (χ0n) is 9.02. The van der Waals surface area contributed by atoms with Crippen LogP contribution in [0.4, 0.5) is 0 Å². The first-order valence-corrected chi connectivity index (χ1v) is 3.17. The van der Waals surface area contributed by atoms with Crippen molar-refractivity contribution in [1.82, 2.24) is 4.90 Å². The van der Waals surface area contributed by atoms with Gasteiger partial charge < -0.3 is 4.90 Å². The number of hydrogen-bond donors (Lipinski definition) is 0. The molecule has 0 aliphatic heterocycles. The Morgan fingerprint density at radius 1 is 1.67 bits per heavy atom. The Kier molecular flexibility index (Phi) is 2.50. The Morgan fingerprint density at radius 3 is 2.78 bits per heavy atom. The lowest BCUT2D eigenvalue weighted by atomic mass is 10.5. The minimum absolute atomic E-state index is 0.207. The van der Waals surface area contributed by atoms with Crippen LogP contribution in [-0.2, 0) is 0 Å². The smallest absolute Gasteiger partial charge is 0.0638 e.